The zero-order valence-electron chi connectivity index (χ0n) is 21.3. The molecule has 1 aromatic carbocycles. The van der Waals surface area contributed by atoms with E-state index in [4.69, 9.17) is 9.15 Å². The summed E-state index contributed by atoms with van der Waals surface area (Å²) in [6.07, 6.45) is 6.66. The van der Waals surface area contributed by atoms with E-state index in [-0.39, 0.29) is 23.9 Å². The molecule has 37 heavy (non-hydrogen) atoms. The summed E-state index contributed by atoms with van der Waals surface area (Å²) in [7, 11) is 1.33. The fourth-order valence-corrected chi connectivity index (χ4v) is 4.36. The van der Waals surface area contributed by atoms with Crippen LogP contribution >= 0.6 is 11.3 Å². The number of Topliss-reactive ketones (excluding diaryl/α,β-unsaturated/α-hetero) is 1. The summed E-state index contributed by atoms with van der Waals surface area (Å²) in [5.74, 6) is -0.513. The molecular weight excluding hydrogens is 492 g/mol. The number of benzene rings is 1. The SMILES string of the molecule is COC(=O)C/C=C/CCC(C)c1cc(O)c(C(=O)C(C)=Cc2ccc(Oc3ccc(C)cc3)s2)c(=O)o1. The van der Waals surface area contributed by atoms with Crippen molar-refractivity contribution < 1.29 is 28.6 Å². The Morgan fingerprint density at radius 2 is 1.86 bits per heavy atom. The molecule has 0 amide bonds. The minimum absolute atomic E-state index is 0.180. The Kier molecular flexibility index (Phi) is 9.63. The second-order valence-corrected chi connectivity index (χ2v) is 9.73. The van der Waals surface area contributed by atoms with Crippen molar-refractivity contribution in [3.63, 3.8) is 0 Å². The van der Waals surface area contributed by atoms with E-state index in [1.165, 1.54) is 24.5 Å². The van der Waals surface area contributed by atoms with Crippen LogP contribution in [-0.2, 0) is 9.53 Å². The van der Waals surface area contributed by atoms with Crippen molar-refractivity contribution in [2.24, 2.45) is 0 Å². The zero-order chi connectivity index (χ0) is 26.9. The number of hydrogen-bond donors (Lipinski definition) is 1. The van der Waals surface area contributed by atoms with Gasteiger partial charge in [0.25, 0.3) is 0 Å². The summed E-state index contributed by atoms with van der Waals surface area (Å²) in [5, 5.41) is 11.2. The van der Waals surface area contributed by atoms with E-state index in [0.29, 0.717) is 29.4 Å². The van der Waals surface area contributed by atoms with Gasteiger partial charge in [-0.1, -0.05) is 48.1 Å². The predicted molar refractivity (Wildman–Crippen MR) is 144 cm³/mol. The molecule has 0 spiro atoms. The molecule has 0 aliphatic rings. The smallest absolute Gasteiger partial charge is 0.351 e. The second kappa shape index (κ2) is 12.9. The Labute approximate surface area is 219 Å². The highest BCUT2D eigenvalue weighted by atomic mass is 32.1. The maximum Gasteiger partial charge on any atom is 0.351 e. The molecule has 3 rings (SSSR count). The molecule has 0 radical (unpaired) electrons. The Morgan fingerprint density at radius 3 is 2.54 bits per heavy atom. The Bertz CT molecular complexity index is 1360. The van der Waals surface area contributed by atoms with E-state index < -0.39 is 22.7 Å². The van der Waals surface area contributed by atoms with Crippen molar-refractivity contribution in [1.29, 1.82) is 0 Å². The van der Waals surface area contributed by atoms with Crippen molar-refractivity contribution in [2.75, 3.05) is 7.11 Å². The van der Waals surface area contributed by atoms with Gasteiger partial charge in [0.1, 0.15) is 22.8 Å². The van der Waals surface area contributed by atoms with E-state index in [2.05, 4.69) is 4.74 Å². The molecule has 1 atom stereocenters. The van der Waals surface area contributed by atoms with Gasteiger partial charge in [0.05, 0.1) is 13.5 Å². The Hall–Kier alpha value is -3.91. The predicted octanol–water partition coefficient (Wildman–Crippen LogP) is 6.80. The van der Waals surface area contributed by atoms with E-state index in [9.17, 15) is 19.5 Å². The minimum Gasteiger partial charge on any atom is -0.507 e. The third-order valence-electron chi connectivity index (χ3n) is 5.67. The van der Waals surface area contributed by atoms with Gasteiger partial charge < -0.3 is 19.0 Å². The first kappa shape index (κ1) is 27.7. The molecule has 1 N–H and O–H groups in total. The highest BCUT2D eigenvalue weighted by Crippen LogP contribution is 2.32. The number of esters is 1. The molecule has 3 aromatic rings. The maximum atomic E-state index is 13.0. The second-order valence-electron chi connectivity index (χ2n) is 8.65. The fourth-order valence-electron chi connectivity index (χ4n) is 3.49. The van der Waals surface area contributed by atoms with Gasteiger partial charge in [-0.25, -0.2) is 4.79 Å². The lowest BCUT2D eigenvalue weighted by atomic mass is 9.99. The molecule has 7 nitrogen and oxygen atoms in total. The molecule has 0 aliphatic carbocycles. The third kappa shape index (κ3) is 7.79. The molecule has 0 saturated heterocycles. The van der Waals surface area contributed by atoms with Crippen molar-refractivity contribution in [3.05, 3.63) is 92.4 Å². The lowest BCUT2D eigenvalue weighted by Gasteiger charge is -2.11. The first-order valence-corrected chi connectivity index (χ1v) is 12.7. The number of carbonyl (C=O) groups excluding carboxylic acids is 2. The monoisotopic (exact) mass is 522 g/mol. The first-order valence-electron chi connectivity index (χ1n) is 11.8. The maximum absolute atomic E-state index is 13.0. The van der Waals surface area contributed by atoms with Crippen LogP contribution in [0.3, 0.4) is 0 Å². The summed E-state index contributed by atoms with van der Waals surface area (Å²) < 4.78 is 15.8. The van der Waals surface area contributed by atoms with E-state index >= 15 is 0 Å². The number of rotatable bonds is 11. The highest BCUT2D eigenvalue weighted by Gasteiger charge is 2.22. The molecule has 8 heteroatoms. The molecular formula is C29H30O7S. The largest absolute Gasteiger partial charge is 0.507 e. The van der Waals surface area contributed by atoms with Crippen LogP contribution in [0.4, 0.5) is 0 Å². The first-order chi connectivity index (χ1) is 17.7. The van der Waals surface area contributed by atoms with E-state index in [0.717, 1.165) is 10.4 Å². The van der Waals surface area contributed by atoms with Gasteiger partial charge in [-0.05, 0) is 62.6 Å². The average Bonchev–Trinajstić information content (AvgIpc) is 3.30. The van der Waals surface area contributed by atoms with Crippen molar-refractivity contribution in [2.45, 2.75) is 46.0 Å². The van der Waals surface area contributed by atoms with Gasteiger partial charge in [-0.3, -0.25) is 9.59 Å². The van der Waals surface area contributed by atoms with E-state index in [1.807, 2.05) is 50.3 Å². The van der Waals surface area contributed by atoms with Crippen LogP contribution in [0.1, 0.15) is 65.6 Å². The van der Waals surface area contributed by atoms with Crippen molar-refractivity contribution >= 4 is 29.2 Å². The summed E-state index contributed by atoms with van der Waals surface area (Å²) in [4.78, 5) is 37.5. The molecule has 194 valence electrons. The lowest BCUT2D eigenvalue weighted by Crippen LogP contribution is -2.16. The van der Waals surface area contributed by atoms with Gasteiger partial charge in [0.2, 0.25) is 0 Å². The number of carbonyl (C=O) groups is 2. The van der Waals surface area contributed by atoms with Gasteiger partial charge in [0.15, 0.2) is 10.8 Å². The zero-order valence-corrected chi connectivity index (χ0v) is 22.1. The van der Waals surface area contributed by atoms with Crippen LogP contribution in [0.2, 0.25) is 0 Å². The van der Waals surface area contributed by atoms with E-state index in [1.54, 1.807) is 25.1 Å². The quantitative estimate of drug-likeness (QED) is 0.128. The Balaban J connectivity index is 1.67. The molecule has 0 aliphatic heterocycles. The fraction of sp³-hybridized carbons (Fsp3) is 0.276. The third-order valence-corrected chi connectivity index (χ3v) is 6.58. The summed E-state index contributed by atoms with van der Waals surface area (Å²) in [6.45, 7) is 5.43. The minimum atomic E-state index is -0.879. The molecule has 1 unspecified atom stereocenters. The van der Waals surface area contributed by atoms with Gasteiger partial charge in [-0.2, -0.15) is 0 Å². The number of ketones is 1. The van der Waals surface area contributed by atoms with Crippen LogP contribution in [0.5, 0.6) is 16.6 Å². The van der Waals surface area contributed by atoms with Crippen LogP contribution in [0.15, 0.2) is 69.4 Å². The number of methoxy groups -OCH3 is 1. The van der Waals surface area contributed by atoms with Crippen LogP contribution < -0.4 is 10.4 Å². The van der Waals surface area contributed by atoms with Crippen LogP contribution in [0.25, 0.3) is 6.08 Å². The summed E-state index contributed by atoms with van der Waals surface area (Å²) in [6, 6.07) is 12.6. The molecule has 0 bridgehead atoms. The number of aryl methyl sites for hydroxylation is 1. The normalized spacial score (nSPS) is 12.5. The topological polar surface area (TPSA) is 103 Å². The van der Waals surface area contributed by atoms with Gasteiger partial charge >= 0.3 is 11.6 Å². The number of ether oxygens (including phenoxy) is 2. The standard InChI is InChI=1S/C29H30O7S/c1-18-10-12-21(13-11-18)35-26-15-14-22(37-26)16-20(3)28(32)27-23(30)17-24(36-29(27)33)19(2)8-6-5-7-9-25(31)34-4/h5,7,10-17,19,30H,6,8-9H2,1-4H3/b7-5+,20-16?. The van der Waals surface area contributed by atoms with Crippen LogP contribution in [-0.4, -0.2) is 24.0 Å². The summed E-state index contributed by atoms with van der Waals surface area (Å²) >= 11 is 1.36. The van der Waals surface area contributed by atoms with Crippen LogP contribution in [0, 0.1) is 6.92 Å². The van der Waals surface area contributed by atoms with Crippen molar-refractivity contribution in [3.8, 4) is 16.6 Å². The number of allylic oxidation sites excluding steroid dienone is 2. The van der Waals surface area contributed by atoms with Gasteiger partial charge in [0, 0.05) is 16.9 Å². The molecule has 0 fully saturated rings. The number of hydrogen-bond acceptors (Lipinski definition) is 8. The highest BCUT2D eigenvalue weighted by molar-refractivity contribution is 7.14. The molecule has 0 saturated carbocycles. The number of aromatic hydroxyl groups is 1. The molecule has 2 heterocycles. The number of thiophene rings is 1. The average molecular weight is 523 g/mol. The molecule has 2 aromatic heterocycles. The van der Waals surface area contributed by atoms with Crippen molar-refractivity contribution in [1.82, 2.24) is 0 Å². The van der Waals surface area contributed by atoms with Gasteiger partial charge in [-0.15, -0.1) is 0 Å². The lowest BCUT2D eigenvalue weighted by molar-refractivity contribution is -0.139. The Morgan fingerprint density at radius 1 is 1.14 bits per heavy atom. The summed E-state index contributed by atoms with van der Waals surface area (Å²) in [5.41, 5.74) is 0.143.